The van der Waals surface area contributed by atoms with Gasteiger partial charge in [-0.05, 0) is 49.8 Å². The molecule has 2 nitrogen and oxygen atoms in total. The third kappa shape index (κ3) is 4.30. The van der Waals surface area contributed by atoms with E-state index in [1.165, 1.54) is 31.2 Å². The second-order valence-corrected chi connectivity index (χ2v) is 6.30. The van der Waals surface area contributed by atoms with Crippen LogP contribution in [0.4, 0.5) is 0 Å². The van der Waals surface area contributed by atoms with Gasteiger partial charge in [0.25, 0.3) is 0 Å². The van der Waals surface area contributed by atoms with Crippen molar-refractivity contribution in [3.8, 4) is 0 Å². The van der Waals surface area contributed by atoms with Gasteiger partial charge in [-0.25, -0.2) is 0 Å². The minimum atomic E-state index is 0.470. The lowest BCUT2D eigenvalue weighted by Crippen LogP contribution is -2.37. The minimum Gasteiger partial charge on any atom is -0.381 e. The molecule has 1 aliphatic rings. The molecular weight excluding hydrogens is 302 g/mol. The Hall–Kier alpha value is -0.380. The van der Waals surface area contributed by atoms with E-state index in [1.54, 1.807) is 0 Å². The molecule has 1 aliphatic carbocycles. The molecule has 3 heteroatoms. The zero-order valence-corrected chi connectivity index (χ0v) is 13.4. The number of halogens is 1. The predicted molar refractivity (Wildman–Crippen MR) is 83.4 cm³/mol. The highest BCUT2D eigenvalue weighted by Crippen LogP contribution is 2.25. The van der Waals surface area contributed by atoms with Crippen LogP contribution in [0.3, 0.4) is 0 Å². The van der Waals surface area contributed by atoms with Gasteiger partial charge < -0.3 is 10.1 Å². The molecule has 0 saturated heterocycles. The first-order valence-electron chi connectivity index (χ1n) is 7.27. The number of ether oxygens (including phenoxy) is 1. The highest BCUT2D eigenvalue weighted by Gasteiger charge is 2.22. The smallest absolute Gasteiger partial charge is 0.0572 e. The molecule has 2 rings (SSSR count). The quantitative estimate of drug-likeness (QED) is 0.863. The van der Waals surface area contributed by atoms with E-state index < -0.39 is 0 Å². The van der Waals surface area contributed by atoms with E-state index in [0.29, 0.717) is 18.2 Å². The Kier molecular flexibility index (Phi) is 5.86. The number of hydrogen-bond acceptors (Lipinski definition) is 2. The molecule has 1 aromatic carbocycles. The average Bonchev–Trinajstić information content (AvgIpc) is 2.46. The van der Waals surface area contributed by atoms with Gasteiger partial charge in [-0.2, -0.15) is 0 Å². The largest absolute Gasteiger partial charge is 0.381 e. The van der Waals surface area contributed by atoms with Crippen LogP contribution >= 0.6 is 15.9 Å². The summed E-state index contributed by atoms with van der Waals surface area (Å²) in [5.74, 6) is 0. The number of methoxy groups -OCH3 is 1. The van der Waals surface area contributed by atoms with Crippen LogP contribution in [0.5, 0.6) is 0 Å². The van der Waals surface area contributed by atoms with Crippen LogP contribution in [0, 0.1) is 0 Å². The molecule has 0 bridgehead atoms. The second-order valence-electron chi connectivity index (χ2n) is 5.39. The molecule has 1 atom stereocenters. The monoisotopic (exact) mass is 325 g/mol. The fraction of sp³-hybridized carbons (Fsp3) is 0.625. The van der Waals surface area contributed by atoms with Crippen molar-refractivity contribution < 1.29 is 4.74 Å². The summed E-state index contributed by atoms with van der Waals surface area (Å²) in [5.41, 5.74) is 1.39. The Morgan fingerprint density at radius 1 is 1.21 bits per heavy atom. The molecule has 0 aromatic heterocycles. The molecule has 0 heterocycles. The summed E-state index contributed by atoms with van der Waals surface area (Å²) in [7, 11) is 1.83. The molecule has 19 heavy (non-hydrogen) atoms. The van der Waals surface area contributed by atoms with Crippen molar-refractivity contribution in [3.05, 3.63) is 34.3 Å². The van der Waals surface area contributed by atoms with Crippen LogP contribution in [-0.4, -0.2) is 19.3 Å². The predicted octanol–water partition coefficient (Wildman–Crippen LogP) is 4.45. The van der Waals surface area contributed by atoms with Crippen molar-refractivity contribution in [2.24, 2.45) is 0 Å². The maximum atomic E-state index is 5.44. The van der Waals surface area contributed by atoms with Gasteiger partial charge in [-0.3, -0.25) is 0 Å². The van der Waals surface area contributed by atoms with Crippen LogP contribution in [0.15, 0.2) is 28.7 Å². The van der Waals surface area contributed by atoms with Crippen LogP contribution < -0.4 is 5.32 Å². The SMILES string of the molecule is CCC(NC1CCC(OC)CC1)c1ccc(Br)cc1. The fourth-order valence-electron chi connectivity index (χ4n) is 2.89. The standard InChI is InChI=1S/C16H24BrNO/c1-3-16(12-4-6-13(17)7-5-12)18-14-8-10-15(19-2)11-9-14/h4-7,14-16,18H,3,8-11H2,1-2H3. The van der Waals surface area contributed by atoms with Crippen LogP contribution in [-0.2, 0) is 4.74 Å². The Morgan fingerprint density at radius 3 is 2.37 bits per heavy atom. The first-order chi connectivity index (χ1) is 9.22. The highest BCUT2D eigenvalue weighted by molar-refractivity contribution is 9.10. The molecule has 1 unspecified atom stereocenters. The topological polar surface area (TPSA) is 21.3 Å². The van der Waals surface area contributed by atoms with Gasteiger partial charge in [-0.15, -0.1) is 0 Å². The van der Waals surface area contributed by atoms with E-state index in [-0.39, 0.29) is 0 Å². The Labute approximate surface area is 125 Å². The summed E-state index contributed by atoms with van der Waals surface area (Å²) in [4.78, 5) is 0. The fourth-order valence-corrected chi connectivity index (χ4v) is 3.16. The molecule has 0 amide bonds. The number of hydrogen-bond donors (Lipinski definition) is 1. The molecule has 1 aromatic rings. The van der Waals surface area contributed by atoms with Crippen molar-refractivity contribution in [1.82, 2.24) is 5.32 Å². The maximum absolute atomic E-state index is 5.44. The number of nitrogens with one attached hydrogen (secondary N) is 1. The first-order valence-corrected chi connectivity index (χ1v) is 8.06. The summed E-state index contributed by atoms with van der Waals surface area (Å²) in [6.45, 7) is 2.25. The van der Waals surface area contributed by atoms with Crippen molar-refractivity contribution in [2.45, 2.75) is 57.2 Å². The van der Waals surface area contributed by atoms with Gasteiger partial charge in [0.05, 0.1) is 6.10 Å². The van der Waals surface area contributed by atoms with Crippen molar-refractivity contribution in [2.75, 3.05) is 7.11 Å². The number of benzene rings is 1. The van der Waals surface area contributed by atoms with Gasteiger partial charge in [-0.1, -0.05) is 35.0 Å². The van der Waals surface area contributed by atoms with Crippen LogP contribution in [0.2, 0.25) is 0 Å². The summed E-state index contributed by atoms with van der Waals surface area (Å²) in [6.07, 6.45) is 6.43. The van der Waals surface area contributed by atoms with Crippen molar-refractivity contribution >= 4 is 15.9 Å². The summed E-state index contributed by atoms with van der Waals surface area (Å²) < 4.78 is 6.58. The molecule has 0 spiro atoms. The van der Waals surface area contributed by atoms with Crippen molar-refractivity contribution in [1.29, 1.82) is 0 Å². The Balaban J connectivity index is 1.91. The van der Waals surface area contributed by atoms with E-state index in [4.69, 9.17) is 4.74 Å². The molecular formula is C16H24BrNO. The highest BCUT2D eigenvalue weighted by atomic mass is 79.9. The van der Waals surface area contributed by atoms with E-state index >= 15 is 0 Å². The lowest BCUT2D eigenvalue weighted by atomic mass is 9.91. The maximum Gasteiger partial charge on any atom is 0.0572 e. The molecule has 0 aliphatic heterocycles. The van der Waals surface area contributed by atoms with Crippen LogP contribution in [0.25, 0.3) is 0 Å². The van der Waals surface area contributed by atoms with Crippen molar-refractivity contribution in [3.63, 3.8) is 0 Å². The van der Waals surface area contributed by atoms with Gasteiger partial charge >= 0.3 is 0 Å². The van der Waals surface area contributed by atoms with Gasteiger partial charge in [0.15, 0.2) is 0 Å². The summed E-state index contributed by atoms with van der Waals surface area (Å²) in [5, 5.41) is 3.82. The van der Waals surface area contributed by atoms with Crippen LogP contribution in [0.1, 0.15) is 50.6 Å². The molecule has 1 N–H and O–H groups in total. The van der Waals surface area contributed by atoms with E-state index in [1.807, 2.05) is 7.11 Å². The molecule has 1 fully saturated rings. The zero-order valence-electron chi connectivity index (χ0n) is 11.9. The van der Waals surface area contributed by atoms with E-state index in [2.05, 4.69) is 52.4 Å². The minimum absolute atomic E-state index is 0.470. The zero-order chi connectivity index (χ0) is 13.7. The van der Waals surface area contributed by atoms with Gasteiger partial charge in [0.1, 0.15) is 0 Å². The molecule has 106 valence electrons. The molecule has 1 saturated carbocycles. The summed E-state index contributed by atoms with van der Waals surface area (Å²) >= 11 is 3.50. The second kappa shape index (κ2) is 7.41. The Bertz CT molecular complexity index is 371. The lowest BCUT2D eigenvalue weighted by Gasteiger charge is -2.31. The van der Waals surface area contributed by atoms with E-state index in [0.717, 1.165) is 10.9 Å². The lowest BCUT2D eigenvalue weighted by molar-refractivity contribution is 0.0610. The third-order valence-electron chi connectivity index (χ3n) is 4.13. The first kappa shape index (κ1) is 15.0. The Morgan fingerprint density at radius 2 is 1.84 bits per heavy atom. The van der Waals surface area contributed by atoms with Gasteiger partial charge in [0.2, 0.25) is 0 Å². The van der Waals surface area contributed by atoms with Gasteiger partial charge in [0, 0.05) is 23.7 Å². The molecule has 0 radical (unpaired) electrons. The summed E-state index contributed by atoms with van der Waals surface area (Å²) in [6, 6.07) is 9.79. The third-order valence-corrected chi connectivity index (χ3v) is 4.65. The normalized spacial score (nSPS) is 25.2. The van der Waals surface area contributed by atoms with E-state index in [9.17, 15) is 0 Å². The average molecular weight is 326 g/mol. The number of rotatable bonds is 5.